The maximum absolute atomic E-state index is 6.24. The van der Waals surface area contributed by atoms with Gasteiger partial charge in [0.05, 0.1) is 24.7 Å². The highest BCUT2D eigenvalue weighted by atomic mass is 79.9. The van der Waals surface area contributed by atoms with Crippen LogP contribution in [0.25, 0.3) is 0 Å². The first-order valence-corrected chi connectivity index (χ1v) is 6.59. The molecule has 1 atom stereocenters. The van der Waals surface area contributed by atoms with E-state index in [9.17, 15) is 0 Å². The average molecular weight is 326 g/mol. The Morgan fingerprint density at radius 2 is 1.84 bits per heavy atom. The second-order valence-electron chi connectivity index (χ2n) is 4.15. The number of ether oxygens (including phenoxy) is 2. The van der Waals surface area contributed by atoms with Crippen LogP contribution in [0.3, 0.4) is 0 Å². The molecule has 0 fully saturated rings. The quantitative estimate of drug-likeness (QED) is 0.935. The second-order valence-corrected chi connectivity index (χ2v) is 5.01. The molecule has 1 aromatic heterocycles. The van der Waals surface area contributed by atoms with Gasteiger partial charge in [0.15, 0.2) is 0 Å². The Morgan fingerprint density at radius 1 is 1.16 bits per heavy atom. The standard InChI is InChI=1S/C14H16BrNO3/c1-8-4-5-11(19-8)14(16)9-6-13(18-3)10(15)7-12(9)17-2/h4-7,14H,16H2,1-3H3. The molecule has 1 heterocycles. The van der Waals surface area contributed by atoms with E-state index in [1.54, 1.807) is 14.2 Å². The van der Waals surface area contributed by atoms with E-state index in [-0.39, 0.29) is 0 Å². The summed E-state index contributed by atoms with van der Waals surface area (Å²) in [4.78, 5) is 0. The molecule has 1 unspecified atom stereocenters. The van der Waals surface area contributed by atoms with Gasteiger partial charge in [0.25, 0.3) is 0 Å². The van der Waals surface area contributed by atoms with Crippen LogP contribution in [0, 0.1) is 6.92 Å². The molecular weight excluding hydrogens is 310 g/mol. The normalized spacial score (nSPS) is 12.3. The zero-order chi connectivity index (χ0) is 14.0. The Balaban J connectivity index is 2.48. The van der Waals surface area contributed by atoms with Crippen LogP contribution in [-0.2, 0) is 0 Å². The van der Waals surface area contributed by atoms with Crippen LogP contribution < -0.4 is 15.2 Å². The molecule has 0 saturated carbocycles. The summed E-state index contributed by atoms with van der Waals surface area (Å²) in [7, 11) is 3.22. The van der Waals surface area contributed by atoms with Crippen LogP contribution >= 0.6 is 15.9 Å². The van der Waals surface area contributed by atoms with Crippen LogP contribution in [0.1, 0.15) is 23.1 Å². The van der Waals surface area contributed by atoms with Gasteiger partial charge in [-0.3, -0.25) is 0 Å². The summed E-state index contributed by atoms with van der Waals surface area (Å²) in [5, 5.41) is 0. The summed E-state index contributed by atoms with van der Waals surface area (Å²) in [5.41, 5.74) is 7.05. The number of methoxy groups -OCH3 is 2. The lowest BCUT2D eigenvalue weighted by atomic mass is 10.0. The van der Waals surface area contributed by atoms with Crippen molar-refractivity contribution in [3.63, 3.8) is 0 Å². The Morgan fingerprint density at radius 3 is 2.37 bits per heavy atom. The predicted octanol–water partition coefficient (Wildman–Crippen LogP) is 3.42. The number of rotatable bonds is 4. The van der Waals surface area contributed by atoms with E-state index in [0.29, 0.717) is 17.3 Å². The first kappa shape index (κ1) is 14.0. The third kappa shape index (κ3) is 2.77. The maximum Gasteiger partial charge on any atom is 0.133 e. The van der Waals surface area contributed by atoms with Crippen molar-refractivity contribution in [1.29, 1.82) is 0 Å². The molecule has 0 radical (unpaired) electrons. The molecule has 0 bridgehead atoms. The fourth-order valence-electron chi connectivity index (χ4n) is 1.90. The van der Waals surface area contributed by atoms with Crippen LogP contribution in [0.15, 0.2) is 33.2 Å². The van der Waals surface area contributed by atoms with Crippen molar-refractivity contribution in [1.82, 2.24) is 0 Å². The van der Waals surface area contributed by atoms with Crippen LogP contribution in [0.2, 0.25) is 0 Å². The summed E-state index contributed by atoms with van der Waals surface area (Å²) in [5.74, 6) is 2.91. The second kappa shape index (κ2) is 5.67. The van der Waals surface area contributed by atoms with Gasteiger partial charge in [0, 0.05) is 5.56 Å². The first-order chi connectivity index (χ1) is 9.06. The number of halogens is 1. The third-order valence-corrected chi connectivity index (χ3v) is 3.53. The molecule has 4 nitrogen and oxygen atoms in total. The highest BCUT2D eigenvalue weighted by molar-refractivity contribution is 9.10. The fraction of sp³-hybridized carbons (Fsp3) is 0.286. The molecule has 0 amide bonds. The van der Waals surface area contributed by atoms with Gasteiger partial charge in [-0.25, -0.2) is 0 Å². The topological polar surface area (TPSA) is 57.6 Å². The largest absolute Gasteiger partial charge is 0.496 e. The zero-order valence-corrected chi connectivity index (χ0v) is 12.7. The van der Waals surface area contributed by atoms with Gasteiger partial charge in [0.1, 0.15) is 23.0 Å². The number of hydrogen-bond acceptors (Lipinski definition) is 4. The number of furan rings is 1. The van der Waals surface area contributed by atoms with E-state index < -0.39 is 6.04 Å². The Hall–Kier alpha value is -1.46. The van der Waals surface area contributed by atoms with E-state index in [1.807, 2.05) is 31.2 Å². The number of benzene rings is 1. The molecule has 2 aromatic rings. The van der Waals surface area contributed by atoms with Gasteiger partial charge in [0.2, 0.25) is 0 Å². The molecule has 0 aliphatic heterocycles. The van der Waals surface area contributed by atoms with E-state index in [1.165, 1.54) is 0 Å². The average Bonchev–Trinajstić information content (AvgIpc) is 2.84. The number of aryl methyl sites for hydroxylation is 1. The van der Waals surface area contributed by atoms with Crippen LogP contribution in [0.5, 0.6) is 11.5 Å². The molecule has 102 valence electrons. The zero-order valence-electron chi connectivity index (χ0n) is 11.1. The summed E-state index contributed by atoms with van der Waals surface area (Å²) in [6.45, 7) is 1.88. The van der Waals surface area contributed by atoms with Crippen molar-refractivity contribution >= 4 is 15.9 Å². The Bertz CT molecular complexity index is 580. The van der Waals surface area contributed by atoms with Crippen LogP contribution in [-0.4, -0.2) is 14.2 Å². The molecule has 2 N–H and O–H groups in total. The molecule has 1 aromatic carbocycles. The summed E-state index contributed by atoms with van der Waals surface area (Å²) in [6.07, 6.45) is 0. The van der Waals surface area contributed by atoms with Crippen molar-refractivity contribution in [2.75, 3.05) is 14.2 Å². The van der Waals surface area contributed by atoms with Crippen molar-refractivity contribution < 1.29 is 13.9 Å². The fourth-order valence-corrected chi connectivity index (χ4v) is 2.39. The SMILES string of the molecule is COc1cc(C(N)c2ccc(C)o2)c(OC)cc1Br. The van der Waals surface area contributed by atoms with Gasteiger partial charge in [-0.1, -0.05) is 0 Å². The van der Waals surface area contributed by atoms with Crippen molar-refractivity contribution in [2.45, 2.75) is 13.0 Å². The van der Waals surface area contributed by atoms with Crippen molar-refractivity contribution in [3.8, 4) is 11.5 Å². The van der Waals surface area contributed by atoms with Crippen LogP contribution in [0.4, 0.5) is 0 Å². The minimum atomic E-state index is -0.398. The van der Waals surface area contributed by atoms with Gasteiger partial charge < -0.3 is 19.6 Å². The Labute approximate surface area is 120 Å². The summed E-state index contributed by atoms with van der Waals surface area (Å²) >= 11 is 3.42. The highest BCUT2D eigenvalue weighted by Gasteiger charge is 2.19. The van der Waals surface area contributed by atoms with Gasteiger partial charge in [-0.15, -0.1) is 0 Å². The van der Waals surface area contributed by atoms with Crippen molar-refractivity contribution in [3.05, 3.63) is 45.8 Å². The monoisotopic (exact) mass is 325 g/mol. The minimum Gasteiger partial charge on any atom is -0.496 e. The van der Waals surface area contributed by atoms with E-state index in [4.69, 9.17) is 19.6 Å². The minimum absolute atomic E-state index is 0.398. The summed E-state index contributed by atoms with van der Waals surface area (Å²) in [6, 6.07) is 7.05. The summed E-state index contributed by atoms with van der Waals surface area (Å²) < 4.78 is 17.0. The van der Waals surface area contributed by atoms with E-state index in [0.717, 1.165) is 15.8 Å². The first-order valence-electron chi connectivity index (χ1n) is 5.80. The molecule has 0 saturated heterocycles. The maximum atomic E-state index is 6.24. The lowest BCUT2D eigenvalue weighted by Gasteiger charge is -2.16. The molecule has 0 aliphatic carbocycles. The van der Waals surface area contributed by atoms with Gasteiger partial charge >= 0.3 is 0 Å². The lowest BCUT2D eigenvalue weighted by molar-refractivity contribution is 0.390. The molecule has 0 aliphatic rings. The van der Waals surface area contributed by atoms with E-state index in [2.05, 4.69) is 15.9 Å². The molecular formula is C14H16BrNO3. The number of nitrogens with two attached hydrogens (primary N) is 1. The molecule has 0 spiro atoms. The predicted molar refractivity (Wildman–Crippen MR) is 76.7 cm³/mol. The third-order valence-electron chi connectivity index (χ3n) is 2.91. The highest BCUT2D eigenvalue weighted by Crippen LogP contribution is 2.37. The molecule has 19 heavy (non-hydrogen) atoms. The van der Waals surface area contributed by atoms with Crippen molar-refractivity contribution in [2.24, 2.45) is 5.73 Å². The molecule has 5 heteroatoms. The van der Waals surface area contributed by atoms with E-state index >= 15 is 0 Å². The Kier molecular flexibility index (Phi) is 4.17. The van der Waals surface area contributed by atoms with Gasteiger partial charge in [-0.2, -0.15) is 0 Å². The molecule has 2 rings (SSSR count). The van der Waals surface area contributed by atoms with Gasteiger partial charge in [-0.05, 0) is 47.1 Å². The lowest BCUT2D eigenvalue weighted by Crippen LogP contribution is -2.12. The number of hydrogen-bond donors (Lipinski definition) is 1. The smallest absolute Gasteiger partial charge is 0.133 e.